The van der Waals surface area contributed by atoms with E-state index in [0.717, 1.165) is 11.3 Å². The van der Waals surface area contributed by atoms with Crippen molar-refractivity contribution in [2.24, 2.45) is 0 Å². The van der Waals surface area contributed by atoms with Gasteiger partial charge in [0.05, 0.1) is 11.9 Å². The third-order valence-electron chi connectivity index (χ3n) is 3.67. The fourth-order valence-electron chi connectivity index (χ4n) is 2.53. The lowest BCUT2D eigenvalue weighted by Crippen LogP contribution is -2.24. The van der Waals surface area contributed by atoms with Crippen molar-refractivity contribution in [3.05, 3.63) is 62.3 Å². The van der Waals surface area contributed by atoms with E-state index in [4.69, 9.17) is 0 Å². The standard InChI is InChI=1S/C16H13FN2O3S/c1-8-12-14(23-13(8)16(21)22)18-9(2)19(15(12)20)7-10-4-3-5-11(17)6-10/h3-6H,7H2,1-2H3,(H,21,22). The van der Waals surface area contributed by atoms with Crippen molar-refractivity contribution in [1.29, 1.82) is 0 Å². The normalized spacial score (nSPS) is 11.1. The SMILES string of the molecule is Cc1c(C(=O)O)sc2nc(C)n(Cc3cccc(F)c3)c(=O)c12. The average Bonchev–Trinajstić information content (AvgIpc) is 2.80. The average molecular weight is 332 g/mol. The fraction of sp³-hybridized carbons (Fsp3) is 0.188. The lowest BCUT2D eigenvalue weighted by atomic mass is 10.2. The Morgan fingerprint density at radius 1 is 1.39 bits per heavy atom. The fourth-order valence-corrected chi connectivity index (χ4v) is 3.58. The Hall–Kier alpha value is -2.54. The molecule has 3 rings (SSSR count). The van der Waals surface area contributed by atoms with Crippen molar-refractivity contribution in [3.8, 4) is 0 Å². The summed E-state index contributed by atoms with van der Waals surface area (Å²) >= 11 is 0.994. The summed E-state index contributed by atoms with van der Waals surface area (Å²) in [6.45, 7) is 3.46. The molecule has 23 heavy (non-hydrogen) atoms. The summed E-state index contributed by atoms with van der Waals surface area (Å²) in [6.07, 6.45) is 0. The molecule has 0 radical (unpaired) electrons. The highest BCUT2D eigenvalue weighted by Crippen LogP contribution is 2.27. The van der Waals surface area contributed by atoms with E-state index in [1.165, 1.54) is 16.7 Å². The van der Waals surface area contributed by atoms with E-state index in [0.29, 0.717) is 27.2 Å². The summed E-state index contributed by atoms with van der Waals surface area (Å²) in [5, 5.41) is 9.51. The Balaban J connectivity index is 2.20. The molecule has 1 N–H and O–H groups in total. The van der Waals surface area contributed by atoms with Crippen molar-refractivity contribution in [1.82, 2.24) is 9.55 Å². The van der Waals surface area contributed by atoms with Crippen LogP contribution in [0.3, 0.4) is 0 Å². The van der Waals surface area contributed by atoms with E-state index in [2.05, 4.69) is 4.98 Å². The van der Waals surface area contributed by atoms with Crippen molar-refractivity contribution in [3.63, 3.8) is 0 Å². The number of rotatable bonds is 3. The summed E-state index contributed by atoms with van der Waals surface area (Å²) in [5.74, 6) is -0.980. The van der Waals surface area contributed by atoms with Crippen LogP contribution in [0.4, 0.5) is 4.39 Å². The molecule has 0 saturated carbocycles. The molecule has 0 bridgehead atoms. The summed E-state index contributed by atoms with van der Waals surface area (Å²) < 4.78 is 14.7. The van der Waals surface area contributed by atoms with Crippen LogP contribution in [0.15, 0.2) is 29.1 Å². The summed E-state index contributed by atoms with van der Waals surface area (Å²) in [4.78, 5) is 28.8. The number of aryl methyl sites for hydroxylation is 2. The van der Waals surface area contributed by atoms with Gasteiger partial charge in [-0.2, -0.15) is 0 Å². The highest BCUT2D eigenvalue weighted by Gasteiger charge is 2.20. The lowest BCUT2D eigenvalue weighted by Gasteiger charge is -2.10. The molecule has 118 valence electrons. The van der Waals surface area contributed by atoms with E-state index in [1.807, 2.05) is 0 Å². The Bertz CT molecular complexity index is 991. The summed E-state index contributed by atoms with van der Waals surface area (Å²) in [7, 11) is 0. The Morgan fingerprint density at radius 3 is 2.78 bits per heavy atom. The number of benzene rings is 1. The first-order valence-electron chi connectivity index (χ1n) is 6.86. The first kappa shape index (κ1) is 15.4. The van der Waals surface area contributed by atoms with Gasteiger partial charge in [0.25, 0.3) is 5.56 Å². The van der Waals surface area contributed by atoms with Crippen LogP contribution < -0.4 is 5.56 Å². The predicted octanol–water partition coefficient (Wildman–Crippen LogP) is 2.96. The van der Waals surface area contributed by atoms with Gasteiger partial charge >= 0.3 is 5.97 Å². The number of hydrogen-bond donors (Lipinski definition) is 1. The van der Waals surface area contributed by atoms with Crippen LogP contribution in [0.5, 0.6) is 0 Å². The van der Waals surface area contributed by atoms with Gasteiger partial charge in [-0.25, -0.2) is 14.2 Å². The number of carboxylic acids is 1. The molecular weight excluding hydrogens is 319 g/mol. The van der Waals surface area contributed by atoms with Gasteiger partial charge < -0.3 is 5.11 Å². The number of hydrogen-bond acceptors (Lipinski definition) is 4. The maximum atomic E-state index is 13.3. The van der Waals surface area contributed by atoms with Crippen molar-refractivity contribution in [2.75, 3.05) is 0 Å². The number of aromatic nitrogens is 2. The van der Waals surface area contributed by atoms with Crippen LogP contribution in [-0.2, 0) is 6.54 Å². The first-order valence-corrected chi connectivity index (χ1v) is 7.68. The van der Waals surface area contributed by atoms with Gasteiger partial charge in [-0.3, -0.25) is 9.36 Å². The van der Waals surface area contributed by atoms with Crippen LogP contribution in [0.25, 0.3) is 10.2 Å². The number of halogens is 1. The zero-order valence-electron chi connectivity index (χ0n) is 12.5. The molecule has 0 spiro atoms. The summed E-state index contributed by atoms with van der Waals surface area (Å²) in [6, 6.07) is 6.00. The highest BCUT2D eigenvalue weighted by atomic mass is 32.1. The molecule has 3 aromatic rings. The van der Waals surface area contributed by atoms with Gasteiger partial charge in [0.15, 0.2) is 0 Å². The molecule has 0 fully saturated rings. The predicted molar refractivity (Wildman–Crippen MR) is 85.8 cm³/mol. The van der Waals surface area contributed by atoms with Crippen molar-refractivity contribution >= 4 is 27.5 Å². The number of carboxylic acid groups (broad SMARTS) is 1. The van der Waals surface area contributed by atoms with Crippen LogP contribution >= 0.6 is 11.3 Å². The first-order chi connectivity index (χ1) is 10.9. The van der Waals surface area contributed by atoms with Crippen LogP contribution in [-0.4, -0.2) is 20.6 Å². The molecule has 0 aliphatic heterocycles. The second-order valence-corrected chi connectivity index (χ2v) is 6.22. The van der Waals surface area contributed by atoms with Gasteiger partial charge in [-0.05, 0) is 37.1 Å². The Labute approximate surface area is 134 Å². The van der Waals surface area contributed by atoms with Crippen LogP contribution in [0.2, 0.25) is 0 Å². The molecule has 0 aliphatic carbocycles. The monoisotopic (exact) mass is 332 g/mol. The second-order valence-electron chi connectivity index (χ2n) is 5.22. The van der Waals surface area contributed by atoms with E-state index in [9.17, 15) is 19.1 Å². The third kappa shape index (κ3) is 2.63. The minimum atomic E-state index is -1.07. The number of fused-ring (bicyclic) bond motifs is 1. The maximum Gasteiger partial charge on any atom is 0.346 e. The van der Waals surface area contributed by atoms with Crippen LogP contribution in [0, 0.1) is 19.7 Å². The van der Waals surface area contributed by atoms with Crippen molar-refractivity contribution < 1.29 is 14.3 Å². The zero-order valence-corrected chi connectivity index (χ0v) is 13.3. The zero-order chi connectivity index (χ0) is 16.7. The van der Waals surface area contributed by atoms with Gasteiger partial charge in [0.2, 0.25) is 0 Å². The van der Waals surface area contributed by atoms with Gasteiger partial charge in [0.1, 0.15) is 21.3 Å². The molecule has 2 heterocycles. The van der Waals surface area contributed by atoms with Gasteiger partial charge in [0, 0.05) is 0 Å². The molecule has 0 aliphatic rings. The van der Waals surface area contributed by atoms with E-state index >= 15 is 0 Å². The molecule has 0 atom stereocenters. The topological polar surface area (TPSA) is 72.2 Å². The second kappa shape index (κ2) is 5.58. The highest BCUT2D eigenvalue weighted by molar-refractivity contribution is 7.20. The van der Waals surface area contributed by atoms with E-state index < -0.39 is 5.97 Å². The quantitative estimate of drug-likeness (QED) is 0.800. The lowest BCUT2D eigenvalue weighted by molar-refractivity contribution is 0.0701. The molecule has 1 aromatic carbocycles. The molecule has 0 saturated heterocycles. The van der Waals surface area contributed by atoms with E-state index in [1.54, 1.807) is 26.0 Å². The number of aromatic carboxylic acids is 1. The third-order valence-corrected chi connectivity index (χ3v) is 4.84. The minimum Gasteiger partial charge on any atom is -0.477 e. The molecule has 0 unspecified atom stereocenters. The number of nitrogens with zero attached hydrogens (tertiary/aromatic N) is 2. The maximum absolute atomic E-state index is 13.3. The molecular formula is C16H13FN2O3S. The smallest absolute Gasteiger partial charge is 0.346 e. The van der Waals surface area contributed by atoms with Gasteiger partial charge in [-0.1, -0.05) is 12.1 Å². The van der Waals surface area contributed by atoms with Crippen molar-refractivity contribution in [2.45, 2.75) is 20.4 Å². The molecule has 0 amide bonds. The minimum absolute atomic E-state index is 0.118. The Kier molecular flexibility index (Phi) is 3.73. The number of thiophene rings is 1. The summed E-state index contributed by atoms with van der Waals surface area (Å²) in [5.41, 5.74) is 0.753. The molecule has 7 heteroatoms. The number of carbonyl (C=O) groups is 1. The largest absolute Gasteiger partial charge is 0.477 e. The Morgan fingerprint density at radius 2 is 2.13 bits per heavy atom. The van der Waals surface area contributed by atoms with Gasteiger partial charge in [-0.15, -0.1) is 11.3 Å². The van der Waals surface area contributed by atoms with Crippen LogP contribution in [0.1, 0.15) is 26.6 Å². The van der Waals surface area contributed by atoms with E-state index in [-0.39, 0.29) is 22.8 Å². The molecule has 5 nitrogen and oxygen atoms in total. The molecule has 2 aromatic heterocycles.